The number of hydrogen-bond acceptors (Lipinski definition) is 6. The first kappa shape index (κ1) is 19.4. The van der Waals surface area contributed by atoms with Gasteiger partial charge < -0.3 is 16.0 Å². The van der Waals surface area contributed by atoms with Gasteiger partial charge in [-0.1, -0.05) is 48.0 Å². The van der Waals surface area contributed by atoms with E-state index in [-0.39, 0.29) is 22.8 Å². The molecule has 30 heavy (non-hydrogen) atoms. The van der Waals surface area contributed by atoms with Crippen LogP contribution in [0.1, 0.15) is 24.1 Å². The molecule has 0 bridgehead atoms. The SMILES string of the molecule is CC(Nc1nc(N)ncc1C#N)c1c(-c2ccccc2)[nH]c2cccc(Cl)c2c1=O. The molecular weight excluding hydrogens is 400 g/mol. The summed E-state index contributed by atoms with van der Waals surface area (Å²) in [6, 6.07) is 16.4. The van der Waals surface area contributed by atoms with Crippen LogP contribution in [0.15, 0.2) is 59.5 Å². The van der Waals surface area contributed by atoms with E-state index in [1.54, 1.807) is 12.1 Å². The van der Waals surface area contributed by atoms with Crippen LogP contribution >= 0.6 is 11.6 Å². The Kier molecular flexibility index (Phi) is 5.09. The minimum Gasteiger partial charge on any atom is -0.368 e. The van der Waals surface area contributed by atoms with Crippen molar-refractivity contribution in [1.29, 1.82) is 5.26 Å². The van der Waals surface area contributed by atoms with Crippen LogP contribution in [-0.2, 0) is 0 Å². The fourth-order valence-electron chi connectivity index (χ4n) is 3.42. The van der Waals surface area contributed by atoms with Crippen molar-refractivity contribution in [2.24, 2.45) is 0 Å². The summed E-state index contributed by atoms with van der Waals surface area (Å²) in [5.74, 6) is 0.289. The van der Waals surface area contributed by atoms with Gasteiger partial charge in [-0.05, 0) is 24.6 Å². The van der Waals surface area contributed by atoms with Crippen LogP contribution in [0.3, 0.4) is 0 Å². The first-order valence-corrected chi connectivity index (χ1v) is 9.56. The maximum atomic E-state index is 13.5. The van der Waals surface area contributed by atoms with Gasteiger partial charge in [-0.25, -0.2) is 4.98 Å². The third kappa shape index (κ3) is 3.45. The number of nitrogens with two attached hydrogens (primary N) is 1. The van der Waals surface area contributed by atoms with Crippen LogP contribution in [-0.4, -0.2) is 15.0 Å². The molecule has 2 aromatic heterocycles. The summed E-state index contributed by atoms with van der Waals surface area (Å²) in [5.41, 5.74) is 8.35. The van der Waals surface area contributed by atoms with E-state index in [0.717, 1.165) is 5.56 Å². The van der Waals surface area contributed by atoms with Gasteiger partial charge in [0, 0.05) is 5.56 Å². The highest BCUT2D eigenvalue weighted by Gasteiger charge is 2.21. The zero-order valence-electron chi connectivity index (χ0n) is 16.0. The molecule has 4 rings (SSSR count). The monoisotopic (exact) mass is 416 g/mol. The van der Waals surface area contributed by atoms with Crippen molar-refractivity contribution >= 4 is 34.3 Å². The molecular formula is C22H17ClN6O. The molecule has 1 atom stereocenters. The Morgan fingerprint density at radius 1 is 1.20 bits per heavy atom. The number of rotatable bonds is 4. The number of fused-ring (bicyclic) bond motifs is 1. The lowest BCUT2D eigenvalue weighted by Crippen LogP contribution is -2.21. The summed E-state index contributed by atoms with van der Waals surface area (Å²) in [4.78, 5) is 24.8. The smallest absolute Gasteiger partial charge is 0.222 e. The molecule has 0 aliphatic rings. The molecule has 4 N–H and O–H groups in total. The van der Waals surface area contributed by atoms with Crippen LogP contribution in [0.25, 0.3) is 22.2 Å². The summed E-state index contributed by atoms with van der Waals surface area (Å²) in [6.45, 7) is 1.82. The van der Waals surface area contributed by atoms with Gasteiger partial charge in [0.2, 0.25) is 5.95 Å². The predicted octanol–water partition coefficient (Wildman–Crippen LogP) is 4.27. The predicted molar refractivity (Wildman–Crippen MR) is 118 cm³/mol. The van der Waals surface area contributed by atoms with Gasteiger partial charge in [0.15, 0.2) is 5.43 Å². The van der Waals surface area contributed by atoms with Crippen molar-refractivity contribution in [2.75, 3.05) is 11.1 Å². The van der Waals surface area contributed by atoms with E-state index < -0.39 is 6.04 Å². The second-order valence-electron chi connectivity index (χ2n) is 6.74. The van der Waals surface area contributed by atoms with Crippen molar-refractivity contribution in [3.05, 3.63) is 81.1 Å². The van der Waals surface area contributed by atoms with E-state index in [4.69, 9.17) is 17.3 Å². The van der Waals surface area contributed by atoms with Crippen molar-refractivity contribution in [2.45, 2.75) is 13.0 Å². The number of anilines is 2. The second kappa shape index (κ2) is 7.85. The molecule has 4 aromatic rings. The molecule has 7 nitrogen and oxygen atoms in total. The molecule has 2 aromatic carbocycles. The Hall–Kier alpha value is -3.89. The zero-order chi connectivity index (χ0) is 21.3. The van der Waals surface area contributed by atoms with E-state index in [0.29, 0.717) is 27.2 Å². The molecule has 0 amide bonds. The van der Waals surface area contributed by atoms with Crippen LogP contribution in [0.2, 0.25) is 5.02 Å². The lowest BCUT2D eigenvalue weighted by Gasteiger charge is -2.20. The summed E-state index contributed by atoms with van der Waals surface area (Å²) >= 11 is 6.35. The van der Waals surface area contributed by atoms with Gasteiger partial charge in [0.05, 0.1) is 33.9 Å². The van der Waals surface area contributed by atoms with Crippen LogP contribution < -0.4 is 16.5 Å². The van der Waals surface area contributed by atoms with E-state index in [1.165, 1.54) is 6.20 Å². The number of hydrogen-bond donors (Lipinski definition) is 3. The number of aromatic nitrogens is 3. The summed E-state index contributed by atoms with van der Waals surface area (Å²) in [5, 5.41) is 13.3. The molecule has 0 aliphatic heterocycles. The lowest BCUT2D eigenvalue weighted by atomic mass is 9.97. The molecule has 0 radical (unpaired) electrons. The van der Waals surface area contributed by atoms with Crippen molar-refractivity contribution < 1.29 is 0 Å². The normalized spacial score (nSPS) is 11.8. The number of aromatic amines is 1. The third-order valence-corrected chi connectivity index (χ3v) is 5.11. The maximum Gasteiger partial charge on any atom is 0.222 e. The van der Waals surface area contributed by atoms with Crippen LogP contribution in [0, 0.1) is 11.3 Å². The molecule has 1 unspecified atom stereocenters. The van der Waals surface area contributed by atoms with Crippen molar-refractivity contribution in [1.82, 2.24) is 15.0 Å². The average Bonchev–Trinajstić information content (AvgIpc) is 2.74. The first-order valence-electron chi connectivity index (χ1n) is 9.18. The number of nitrogens with zero attached hydrogens (tertiary/aromatic N) is 3. The number of nitriles is 1. The Morgan fingerprint density at radius 2 is 1.97 bits per heavy atom. The molecule has 8 heteroatoms. The second-order valence-corrected chi connectivity index (χ2v) is 7.15. The summed E-state index contributed by atoms with van der Waals surface area (Å²) in [7, 11) is 0. The van der Waals surface area contributed by atoms with Crippen LogP contribution in [0.5, 0.6) is 0 Å². The summed E-state index contributed by atoms with van der Waals surface area (Å²) in [6.07, 6.45) is 1.34. The molecule has 0 fully saturated rings. The van der Waals surface area contributed by atoms with Gasteiger partial charge in [-0.15, -0.1) is 0 Å². The van der Waals surface area contributed by atoms with Crippen molar-refractivity contribution in [3.63, 3.8) is 0 Å². The largest absolute Gasteiger partial charge is 0.368 e. The highest BCUT2D eigenvalue weighted by molar-refractivity contribution is 6.35. The van der Waals surface area contributed by atoms with Gasteiger partial charge in [-0.3, -0.25) is 4.79 Å². The Bertz CT molecular complexity index is 1340. The number of benzene rings is 2. The van der Waals surface area contributed by atoms with Gasteiger partial charge >= 0.3 is 0 Å². The zero-order valence-corrected chi connectivity index (χ0v) is 16.7. The van der Waals surface area contributed by atoms with Crippen LogP contribution in [0.4, 0.5) is 11.8 Å². The first-order chi connectivity index (χ1) is 14.5. The Labute approximate surface area is 177 Å². The third-order valence-electron chi connectivity index (χ3n) is 4.79. The molecule has 0 saturated heterocycles. The molecule has 0 aliphatic carbocycles. The molecule has 0 spiro atoms. The maximum absolute atomic E-state index is 13.5. The van der Waals surface area contributed by atoms with E-state index in [1.807, 2.05) is 49.4 Å². The standard InChI is InChI=1S/C22H17ClN6O/c1-12(27-21-14(10-24)11-26-22(25)29-21)17-19(13-6-3-2-4-7-13)28-16-9-5-8-15(23)18(16)20(17)30/h2-9,11-12H,1H3,(H,28,30)(H3,25,26,27,29). The Balaban J connectivity index is 1.94. The molecule has 0 saturated carbocycles. The minimum atomic E-state index is -0.508. The molecule has 2 heterocycles. The quantitative estimate of drug-likeness (QED) is 0.457. The fraction of sp³-hybridized carbons (Fsp3) is 0.0909. The summed E-state index contributed by atoms with van der Waals surface area (Å²) < 4.78 is 0. The number of nitrogen functional groups attached to an aromatic ring is 1. The number of pyridine rings is 1. The van der Waals surface area contributed by atoms with Gasteiger partial charge in [0.1, 0.15) is 17.5 Å². The van der Waals surface area contributed by atoms with E-state index >= 15 is 0 Å². The topological polar surface area (TPSA) is 120 Å². The molecule has 148 valence electrons. The minimum absolute atomic E-state index is 0.0300. The highest BCUT2D eigenvalue weighted by atomic mass is 35.5. The fourth-order valence-corrected chi connectivity index (χ4v) is 3.68. The van der Waals surface area contributed by atoms with Crippen molar-refractivity contribution in [3.8, 4) is 17.3 Å². The van der Waals surface area contributed by atoms with E-state index in [2.05, 4.69) is 20.3 Å². The van der Waals surface area contributed by atoms with Gasteiger partial charge in [0.25, 0.3) is 0 Å². The number of nitrogens with one attached hydrogen (secondary N) is 2. The average molecular weight is 417 g/mol. The van der Waals surface area contributed by atoms with Gasteiger partial charge in [-0.2, -0.15) is 10.2 Å². The lowest BCUT2D eigenvalue weighted by molar-refractivity contribution is 0.862. The number of H-pyrrole nitrogens is 1. The Morgan fingerprint density at radius 3 is 2.70 bits per heavy atom. The van der Waals surface area contributed by atoms with E-state index in [9.17, 15) is 10.1 Å². The highest BCUT2D eigenvalue weighted by Crippen LogP contribution is 2.30. The number of halogens is 1.